The summed E-state index contributed by atoms with van der Waals surface area (Å²) in [5.41, 5.74) is 2.51. The molecular formula is C19H18N4O5. The van der Waals surface area contributed by atoms with Crippen LogP contribution in [0.3, 0.4) is 0 Å². The Morgan fingerprint density at radius 3 is 2.82 bits per heavy atom. The van der Waals surface area contributed by atoms with E-state index in [0.29, 0.717) is 16.9 Å². The van der Waals surface area contributed by atoms with E-state index in [9.17, 15) is 14.4 Å². The summed E-state index contributed by atoms with van der Waals surface area (Å²) in [6.07, 6.45) is 1.54. The van der Waals surface area contributed by atoms with Crippen molar-refractivity contribution in [3.63, 3.8) is 0 Å². The maximum Gasteiger partial charge on any atom is 0.313 e. The molecule has 0 saturated carbocycles. The van der Waals surface area contributed by atoms with E-state index in [-0.39, 0.29) is 30.8 Å². The molecule has 0 saturated heterocycles. The zero-order chi connectivity index (χ0) is 20.0. The SMILES string of the molecule is Cc1nn(CCC(=O)O)c(C)c1C1CC(=O)Oc2nc3ccccn3c(=O)c21. The van der Waals surface area contributed by atoms with Crippen LogP contribution in [0.1, 0.15) is 41.3 Å². The van der Waals surface area contributed by atoms with Crippen LogP contribution in [0.15, 0.2) is 29.2 Å². The fourth-order valence-electron chi connectivity index (χ4n) is 3.76. The molecule has 3 aromatic heterocycles. The summed E-state index contributed by atoms with van der Waals surface area (Å²) in [7, 11) is 0. The summed E-state index contributed by atoms with van der Waals surface area (Å²) in [5.74, 6) is -1.92. The number of carboxylic acid groups (broad SMARTS) is 1. The Kier molecular flexibility index (Phi) is 4.21. The van der Waals surface area contributed by atoms with Gasteiger partial charge in [-0.1, -0.05) is 6.07 Å². The molecular weight excluding hydrogens is 364 g/mol. The molecule has 0 radical (unpaired) electrons. The molecule has 144 valence electrons. The van der Waals surface area contributed by atoms with Crippen molar-refractivity contribution in [3.8, 4) is 5.88 Å². The Balaban J connectivity index is 1.89. The van der Waals surface area contributed by atoms with Gasteiger partial charge in [-0.05, 0) is 26.0 Å². The summed E-state index contributed by atoms with van der Waals surface area (Å²) in [6.45, 7) is 3.80. The Morgan fingerprint density at radius 2 is 2.07 bits per heavy atom. The summed E-state index contributed by atoms with van der Waals surface area (Å²) in [6, 6.07) is 5.14. The van der Waals surface area contributed by atoms with Gasteiger partial charge in [0.2, 0.25) is 5.88 Å². The molecule has 0 aromatic carbocycles. The van der Waals surface area contributed by atoms with Gasteiger partial charge in [-0.2, -0.15) is 10.1 Å². The zero-order valence-electron chi connectivity index (χ0n) is 15.4. The molecule has 0 amide bonds. The fourth-order valence-corrected chi connectivity index (χ4v) is 3.76. The number of esters is 1. The van der Waals surface area contributed by atoms with Crippen molar-refractivity contribution in [1.82, 2.24) is 19.2 Å². The highest BCUT2D eigenvalue weighted by molar-refractivity contribution is 5.77. The van der Waals surface area contributed by atoms with E-state index < -0.39 is 17.9 Å². The van der Waals surface area contributed by atoms with Crippen LogP contribution in [-0.4, -0.2) is 36.2 Å². The summed E-state index contributed by atoms with van der Waals surface area (Å²) in [4.78, 5) is 40.6. The molecule has 4 heterocycles. The number of rotatable bonds is 4. The lowest BCUT2D eigenvalue weighted by molar-refractivity contribution is -0.137. The molecule has 0 bridgehead atoms. The summed E-state index contributed by atoms with van der Waals surface area (Å²) >= 11 is 0. The summed E-state index contributed by atoms with van der Waals surface area (Å²) < 4.78 is 8.29. The van der Waals surface area contributed by atoms with Gasteiger partial charge in [0.05, 0.1) is 30.6 Å². The lowest BCUT2D eigenvalue weighted by atomic mass is 9.87. The first-order valence-electron chi connectivity index (χ1n) is 8.84. The molecule has 4 rings (SSSR count). The highest BCUT2D eigenvalue weighted by atomic mass is 16.5. The number of ether oxygens (including phenoxy) is 1. The third kappa shape index (κ3) is 2.84. The number of hydrogen-bond donors (Lipinski definition) is 1. The molecule has 28 heavy (non-hydrogen) atoms. The normalized spacial score (nSPS) is 16.1. The molecule has 9 nitrogen and oxygen atoms in total. The van der Waals surface area contributed by atoms with E-state index in [1.807, 2.05) is 6.92 Å². The molecule has 1 unspecified atom stereocenters. The maximum atomic E-state index is 13.1. The number of nitrogens with zero attached hydrogens (tertiary/aromatic N) is 4. The second-order valence-corrected chi connectivity index (χ2v) is 6.75. The molecule has 1 N–H and O–H groups in total. The van der Waals surface area contributed by atoms with Gasteiger partial charge in [-0.15, -0.1) is 0 Å². The van der Waals surface area contributed by atoms with E-state index in [2.05, 4.69) is 10.1 Å². The number of pyridine rings is 1. The van der Waals surface area contributed by atoms with Crippen molar-refractivity contribution >= 4 is 17.6 Å². The van der Waals surface area contributed by atoms with Crippen LogP contribution < -0.4 is 10.3 Å². The topological polar surface area (TPSA) is 116 Å². The van der Waals surface area contributed by atoms with Gasteiger partial charge in [0.15, 0.2) is 0 Å². The highest BCUT2D eigenvalue weighted by Crippen LogP contribution is 2.38. The van der Waals surface area contributed by atoms with Crippen LogP contribution in [0.25, 0.3) is 5.65 Å². The molecule has 0 aliphatic carbocycles. The third-order valence-electron chi connectivity index (χ3n) is 4.99. The second kappa shape index (κ2) is 6.59. The van der Waals surface area contributed by atoms with Crippen LogP contribution in [0, 0.1) is 13.8 Å². The first-order valence-corrected chi connectivity index (χ1v) is 8.84. The monoisotopic (exact) mass is 382 g/mol. The highest BCUT2D eigenvalue weighted by Gasteiger charge is 2.36. The lowest BCUT2D eigenvalue weighted by Crippen LogP contribution is -2.31. The van der Waals surface area contributed by atoms with E-state index in [0.717, 1.165) is 11.3 Å². The molecule has 1 aliphatic heterocycles. The predicted molar refractivity (Wildman–Crippen MR) is 97.5 cm³/mol. The fraction of sp³-hybridized carbons (Fsp3) is 0.316. The van der Waals surface area contributed by atoms with E-state index in [1.165, 1.54) is 4.40 Å². The summed E-state index contributed by atoms with van der Waals surface area (Å²) in [5, 5.41) is 13.4. The molecule has 9 heteroatoms. The minimum atomic E-state index is -0.922. The standard InChI is InChI=1S/C19H18N4O5/c1-10-16(11(2)23(21-10)8-6-14(24)25)12-9-15(26)28-18-17(12)19(27)22-7-4-3-5-13(22)20-18/h3-5,7,12H,6,8-9H2,1-2H3,(H,24,25). The molecule has 3 aromatic rings. The minimum absolute atomic E-state index is 0.00484. The average molecular weight is 382 g/mol. The van der Waals surface area contributed by atoms with Gasteiger partial charge < -0.3 is 9.84 Å². The number of carbonyl (C=O) groups excluding carboxylic acids is 1. The van der Waals surface area contributed by atoms with Crippen LogP contribution in [-0.2, 0) is 16.1 Å². The molecule has 0 spiro atoms. The van der Waals surface area contributed by atoms with Crippen molar-refractivity contribution in [2.75, 3.05) is 0 Å². The van der Waals surface area contributed by atoms with E-state index in [1.54, 1.807) is 36.0 Å². The molecule has 1 atom stereocenters. The smallest absolute Gasteiger partial charge is 0.313 e. The first kappa shape index (κ1) is 17.9. The minimum Gasteiger partial charge on any atom is -0.481 e. The van der Waals surface area contributed by atoms with Crippen molar-refractivity contribution in [2.24, 2.45) is 0 Å². The second-order valence-electron chi connectivity index (χ2n) is 6.75. The van der Waals surface area contributed by atoms with Crippen LogP contribution in [0.2, 0.25) is 0 Å². The van der Waals surface area contributed by atoms with E-state index >= 15 is 0 Å². The van der Waals surface area contributed by atoms with Crippen LogP contribution in [0.4, 0.5) is 0 Å². The number of carboxylic acids is 1. The number of fused-ring (bicyclic) bond motifs is 2. The molecule has 1 aliphatic rings. The third-order valence-corrected chi connectivity index (χ3v) is 4.99. The number of aromatic nitrogens is 4. The Bertz CT molecular complexity index is 1180. The van der Waals surface area contributed by atoms with Gasteiger partial charge in [-0.3, -0.25) is 23.5 Å². The Labute approximate surface area is 159 Å². The van der Waals surface area contributed by atoms with Crippen molar-refractivity contribution < 1.29 is 19.4 Å². The number of hydrogen-bond acceptors (Lipinski definition) is 6. The lowest BCUT2D eigenvalue weighted by Gasteiger charge is -2.24. The van der Waals surface area contributed by atoms with Gasteiger partial charge in [0.1, 0.15) is 5.65 Å². The number of aryl methyl sites for hydroxylation is 2. The molecule has 0 fully saturated rings. The van der Waals surface area contributed by atoms with Crippen LogP contribution in [0.5, 0.6) is 5.88 Å². The maximum absolute atomic E-state index is 13.1. The van der Waals surface area contributed by atoms with Crippen LogP contribution >= 0.6 is 0 Å². The Hall–Kier alpha value is -3.49. The largest absolute Gasteiger partial charge is 0.481 e. The van der Waals surface area contributed by atoms with Gasteiger partial charge in [-0.25, -0.2) is 0 Å². The van der Waals surface area contributed by atoms with Gasteiger partial charge in [0.25, 0.3) is 5.56 Å². The van der Waals surface area contributed by atoms with E-state index in [4.69, 9.17) is 9.84 Å². The van der Waals surface area contributed by atoms with Crippen molar-refractivity contribution in [2.45, 2.75) is 39.2 Å². The zero-order valence-corrected chi connectivity index (χ0v) is 15.4. The quantitative estimate of drug-likeness (QED) is 0.679. The van der Waals surface area contributed by atoms with Crippen molar-refractivity contribution in [1.29, 1.82) is 0 Å². The first-order chi connectivity index (χ1) is 13.4. The van der Waals surface area contributed by atoms with Crippen molar-refractivity contribution in [3.05, 3.63) is 57.3 Å². The van der Waals surface area contributed by atoms with Gasteiger partial charge >= 0.3 is 11.9 Å². The number of aliphatic carboxylic acids is 1. The predicted octanol–water partition coefficient (Wildman–Crippen LogP) is 1.42. The average Bonchev–Trinajstić information content (AvgIpc) is 2.92. The number of carbonyl (C=O) groups is 2. The van der Waals surface area contributed by atoms with Gasteiger partial charge in [0, 0.05) is 23.4 Å². The Morgan fingerprint density at radius 1 is 1.29 bits per heavy atom.